The SMILES string of the molecule is CCC(Cl)CCNCCCn1ccnc1. The lowest BCUT2D eigenvalue weighted by Crippen LogP contribution is -2.20. The molecule has 0 amide bonds. The lowest BCUT2D eigenvalue weighted by molar-refractivity contribution is 0.562. The molecule has 1 aromatic rings. The number of halogens is 1. The second-order valence-corrected chi connectivity index (χ2v) is 4.32. The van der Waals surface area contributed by atoms with Gasteiger partial charge < -0.3 is 9.88 Å². The second-order valence-electron chi connectivity index (χ2n) is 3.70. The Morgan fingerprint density at radius 3 is 3.00 bits per heavy atom. The Bertz CT molecular complexity index is 236. The maximum atomic E-state index is 6.01. The van der Waals surface area contributed by atoms with Gasteiger partial charge in [-0.1, -0.05) is 6.92 Å². The zero-order chi connectivity index (χ0) is 10.9. The first-order valence-electron chi connectivity index (χ1n) is 5.63. The molecule has 0 aliphatic carbocycles. The van der Waals surface area contributed by atoms with Crippen LogP contribution in [0.5, 0.6) is 0 Å². The van der Waals surface area contributed by atoms with Crippen LogP contribution in [0.15, 0.2) is 18.7 Å². The van der Waals surface area contributed by atoms with E-state index in [0.29, 0.717) is 5.38 Å². The molecule has 0 fully saturated rings. The number of hydrogen-bond donors (Lipinski definition) is 1. The predicted octanol–water partition coefficient (Wildman–Crippen LogP) is 2.27. The third kappa shape index (κ3) is 5.80. The van der Waals surface area contributed by atoms with Gasteiger partial charge in [0.1, 0.15) is 0 Å². The van der Waals surface area contributed by atoms with Crippen LogP contribution in [0.2, 0.25) is 0 Å². The number of aryl methyl sites for hydroxylation is 1. The van der Waals surface area contributed by atoms with E-state index in [-0.39, 0.29) is 0 Å². The number of aromatic nitrogens is 2. The van der Waals surface area contributed by atoms with Gasteiger partial charge >= 0.3 is 0 Å². The van der Waals surface area contributed by atoms with Gasteiger partial charge in [0.05, 0.1) is 6.33 Å². The number of nitrogens with zero attached hydrogens (tertiary/aromatic N) is 2. The summed E-state index contributed by atoms with van der Waals surface area (Å²) in [5.41, 5.74) is 0. The molecule has 1 heterocycles. The number of imidazole rings is 1. The summed E-state index contributed by atoms with van der Waals surface area (Å²) >= 11 is 6.01. The van der Waals surface area contributed by atoms with Gasteiger partial charge in [0.2, 0.25) is 0 Å². The van der Waals surface area contributed by atoms with E-state index in [1.807, 2.05) is 18.7 Å². The summed E-state index contributed by atoms with van der Waals surface area (Å²) in [6.45, 7) is 5.22. The first-order valence-corrected chi connectivity index (χ1v) is 6.07. The number of alkyl halides is 1. The quantitative estimate of drug-likeness (QED) is 0.548. The van der Waals surface area contributed by atoms with Crippen LogP contribution in [0.25, 0.3) is 0 Å². The second kappa shape index (κ2) is 7.71. The van der Waals surface area contributed by atoms with Crippen LogP contribution in [0.4, 0.5) is 0 Å². The summed E-state index contributed by atoms with van der Waals surface area (Å²) in [5, 5.41) is 3.72. The molecule has 1 unspecified atom stereocenters. The molecule has 1 atom stereocenters. The topological polar surface area (TPSA) is 29.9 Å². The molecular formula is C11H20ClN3. The molecule has 0 saturated carbocycles. The molecule has 0 aliphatic heterocycles. The van der Waals surface area contributed by atoms with Crippen molar-refractivity contribution in [3.05, 3.63) is 18.7 Å². The van der Waals surface area contributed by atoms with Gasteiger partial charge in [-0.3, -0.25) is 0 Å². The Labute approximate surface area is 96.8 Å². The fourth-order valence-electron chi connectivity index (χ4n) is 1.39. The lowest BCUT2D eigenvalue weighted by atomic mass is 10.2. The van der Waals surface area contributed by atoms with Gasteiger partial charge in [-0.25, -0.2) is 4.98 Å². The van der Waals surface area contributed by atoms with Crippen molar-refractivity contribution in [2.45, 2.75) is 38.1 Å². The van der Waals surface area contributed by atoms with E-state index >= 15 is 0 Å². The van der Waals surface area contributed by atoms with E-state index in [2.05, 4.69) is 21.8 Å². The molecule has 3 nitrogen and oxygen atoms in total. The van der Waals surface area contributed by atoms with Gasteiger partial charge in [-0.15, -0.1) is 11.6 Å². The summed E-state index contributed by atoms with van der Waals surface area (Å²) < 4.78 is 2.10. The van der Waals surface area contributed by atoms with E-state index in [1.165, 1.54) is 0 Å². The molecule has 0 bridgehead atoms. The van der Waals surface area contributed by atoms with Crippen LogP contribution in [0.1, 0.15) is 26.2 Å². The summed E-state index contributed by atoms with van der Waals surface area (Å²) in [7, 11) is 0. The summed E-state index contributed by atoms with van der Waals surface area (Å²) in [6.07, 6.45) is 8.90. The summed E-state index contributed by atoms with van der Waals surface area (Å²) in [6, 6.07) is 0. The van der Waals surface area contributed by atoms with Crippen molar-refractivity contribution in [2.24, 2.45) is 0 Å². The van der Waals surface area contributed by atoms with E-state index in [4.69, 9.17) is 11.6 Å². The molecule has 1 aromatic heterocycles. The molecule has 15 heavy (non-hydrogen) atoms. The molecule has 0 aromatic carbocycles. The van der Waals surface area contributed by atoms with Crippen LogP contribution in [-0.4, -0.2) is 28.0 Å². The first kappa shape index (κ1) is 12.5. The van der Waals surface area contributed by atoms with Crippen molar-refractivity contribution in [1.29, 1.82) is 0 Å². The highest BCUT2D eigenvalue weighted by atomic mass is 35.5. The molecule has 0 spiro atoms. The van der Waals surface area contributed by atoms with Crippen molar-refractivity contribution in [3.8, 4) is 0 Å². The molecular weight excluding hydrogens is 210 g/mol. The van der Waals surface area contributed by atoms with Gasteiger partial charge in [-0.2, -0.15) is 0 Å². The first-order chi connectivity index (χ1) is 7.33. The van der Waals surface area contributed by atoms with Gasteiger partial charge in [0, 0.05) is 24.3 Å². The summed E-state index contributed by atoms with van der Waals surface area (Å²) in [4.78, 5) is 4.00. The van der Waals surface area contributed by atoms with Crippen LogP contribution in [0, 0.1) is 0 Å². The van der Waals surface area contributed by atoms with Gasteiger partial charge in [0.15, 0.2) is 0 Å². The maximum Gasteiger partial charge on any atom is 0.0945 e. The standard InChI is InChI=1S/C11H20ClN3/c1-2-11(12)4-6-13-5-3-8-15-9-7-14-10-15/h7,9-11,13H,2-6,8H2,1H3. The maximum absolute atomic E-state index is 6.01. The third-order valence-corrected chi connectivity index (χ3v) is 2.93. The highest BCUT2D eigenvalue weighted by molar-refractivity contribution is 6.20. The molecule has 1 rings (SSSR count). The van der Waals surface area contributed by atoms with Gasteiger partial charge in [-0.05, 0) is 32.4 Å². The zero-order valence-corrected chi connectivity index (χ0v) is 10.1. The normalized spacial score (nSPS) is 12.9. The average molecular weight is 230 g/mol. The number of nitrogens with one attached hydrogen (secondary N) is 1. The minimum absolute atomic E-state index is 0.325. The molecule has 4 heteroatoms. The van der Waals surface area contributed by atoms with E-state index in [9.17, 15) is 0 Å². The Balaban J connectivity index is 1.89. The highest BCUT2D eigenvalue weighted by Gasteiger charge is 1.99. The fourth-order valence-corrected chi connectivity index (χ4v) is 1.50. The van der Waals surface area contributed by atoms with Gasteiger partial charge in [0.25, 0.3) is 0 Å². The van der Waals surface area contributed by atoms with Crippen LogP contribution in [0.3, 0.4) is 0 Å². The van der Waals surface area contributed by atoms with Crippen molar-refractivity contribution < 1.29 is 0 Å². The minimum Gasteiger partial charge on any atom is -0.337 e. The Morgan fingerprint density at radius 2 is 2.33 bits per heavy atom. The van der Waals surface area contributed by atoms with E-state index in [1.54, 1.807) is 0 Å². The zero-order valence-electron chi connectivity index (χ0n) is 9.32. The molecule has 86 valence electrons. The predicted molar refractivity (Wildman–Crippen MR) is 64.3 cm³/mol. The molecule has 0 radical (unpaired) electrons. The smallest absolute Gasteiger partial charge is 0.0945 e. The average Bonchev–Trinajstić information content (AvgIpc) is 2.75. The van der Waals surface area contributed by atoms with Crippen LogP contribution < -0.4 is 5.32 Å². The third-order valence-electron chi connectivity index (χ3n) is 2.41. The number of rotatable bonds is 8. The van der Waals surface area contributed by atoms with E-state index < -0.39 is 0 Å². The minimum atomic E-state index is 0.325. The van der Waals surface area contributed by atoms with Crippen molar-refractivity contribution in [3.63, 3.8) is 0 Å². The van der Waals surface area contributed by atoms with Crippen LogP contribution in [-0.2, 0) is 6.54 Å². The molecule has 1 N–H and O–H groups in total. The molecule has 0 aliphatic rings. The molecule has 0 saturated heterocycles. The number of hydrogen-bond acceptors (Lipinski definition) is 2. The lowest BCUT2D eigenvalue weighted by Gasteiger charge is -2.07. The van der Waals surface area contributed by atoms with E-state index in [0.717, 1.165) is 38.9 Å². The van der Waals surface area contributed by atoms with Crippen molar-refractivity contribution in [2.75, 3.05) is 13.1 Å². The Kier molecular flexibility index (Phi) is 6.44. The largest absolute Gasteiger partial charge is 0.337 e. The Hall–Kier alpha value is -0.540. The van der Waals surface area contributed by atoms with Crippen LogP contribution >= 0.6 is 11.6 Å². The highest BCUT2D eigenvalue weighted by Crippen LogP contribution is 2.04. The Morgan fingerprint density at radius 1 is 1.47 bits per heavy atom. The summed E-state index contributed by atoms with van der Waals surface area (Å²) in [5.74, 6) is 0. The monoisotopic (exact) mass is 229 g/mol. The fraction of sp³-hybridized carbons (Fsp3) is 0.727. The van der Waals surface area contributed by atoms with Crippen molar-refractivity contribution >= 4 is 11.6 Å². The van der Waals surface area contributed by atoms with Crippen molar-refractivity contribution in [1.82, 2.24) is 14.9 Å².